The molecule has 2 aliphatic heterocycles. The van der Waals surface area contributed by atoms with Gasteiger partial charge in [0.05, 0.1) is 25.3 Å². The SMILES string of the molecule is Cn1cnn(CC(=O)N2C3COCC2C3)c1=O. The molecule has 1 aromatic heterocycles. The summed E-state index contributed by atoms with van der Waals surface area (Å²) in [6, 6.07) is 0.390. The zero-order chi connectivity index (χ0) is 12.0. The first-order chi connectivity index (χ1) is 8.16. The largest absolute Gasteiger partial charge is 0.377 e. The van der Waals surface area contributed by atoms with Crippen molar-refractivity contribution in [1.82, 2.24) is 19.2 Å². The van der Waals surface area contributed by atoms with E-state index in [4.69, 9.17) is 4.74 Å². The van der Waals surface area contributed by atoms with Crippen LogP contribution in [0, 0.1) is 0 Å². The highest BCUT2D eigenvalue weighted by Crippen LogP contribution is 2.30. The first-order valence-corrected chi connectivity index (χ1v) is 5.64. The highest BCUT2D eigenvalue weighted by atomic mass is 16.5. The number of hydrogen-bond donors (Lipinski definition) is 0. The predicted molar refractivity (Wildman–Crippen MR) is 57.3 cm³/mol. The second kappa shape index (κ2) is 3.69. The Bertz CT molecular complexity index is 492. The average molecular weight is 238 g/mol. The minimum absolute atomic E-state index is 0.0205. The zero-order valence-corrected chi connectivity index (χ0v) is 9.57. The van der Waals surface area contributed by atoms with Crippen LogP contribution in [0.4, 0.5) is 0 Å². The molecule has 1 aromatic rings. The predicted octanol–water partition coefficient (Wildman–Crippen LogP) is -1.42. The van der Waals surface area contributed by atoms with E-state index in [1.807, 2.05) is 4.90 Å². The number of carbonyl (C=O) groups excluding carboxylic acids is 1. The van der Waals surface area contributed by atoms with E-state index in [-0.39, 0.29) is 30.2 Å². The topological polar surface area (TPSA) is 69.4 Å². The maximum Gasteiger partial charge on any atom is 0.345 e. The van der Waals surface area contributed by atoms with E-state index in [2.05, 4.69) is 5.10 Å². The van der Waals surface area contributed by atoms with Crippen LogP contribution in [0.25, 0.3) is 0 Å². The highest BCUT2D eigenvalue weighted by Gasteiger charge is 2.45. The summed E-state index contributed by atoms with van der Waals surface area (Å²) in [5.41, 5.74) is -0.264. The van der Waals surface area contributed by atoms with Crippen molar-refractivity contribution in [3.05, 3.63) is 16.8 Å². The average Bonchev–Trinajstić information content (AvgIpc) is 2.62. The van der Waals surface area contributed by atoms with Crippen LogP contribution >= 0.6 is 0 Å². The Morgan fingerprint density at radius 2 is 2.24 bits per heavy atom. The smallest absolute Gasteiger partial charge is 0.345 e. The first-order valence-electron chi connectivity index (χ1n) is 5.64. The van der Waals surface area contributed by atoms with Crippen LogP contribution in [0.1, 0.15) is 6.42 Å². The van der Waals surface area contributed by atoms with E-state index in [1.165, 1.54) is 15.6 Å². The van der Waals surface area contributed by atoms with E-state index in [1.54, 1.807) is 7.05 Å². The second-order valence-electron chi connectivity index (χ2n) is 4.56. The van der Waals surface area contributed by atoms with Crippen molar-refractivity contribution in [2.24, 2.45) is 7.05 Å². The van der Waals surface area contributed by atoms with Crippen LogP contribution in [0.2, 0.25) is 0 Å². The number of carbonyl (C=O) groups is 1. The Balaban J connectivity index is 1.72. The lowest BCUT2D eigenvalue weighted by molar-refractivity contribution is -0.168. The second-order valence-corrected chi connectivity index (χ2v) is 4.56. The van der Waals surface area contributed by atoms with Crippen molar-refractivity contribution >= 4 is 5.91 Å². The fraction of sp³-hybridized carbons (Fsp3) is 0.700. The van der Waals surface area contributed by atoms with Crippen LogP contribution < -0.4 is 5.69 Å². The van der Waals surface area contributed by atoms with Gasteiger partial charge in [0.25, 0.3) is 0 Å². The Kier molecular flexibility index (Phi) is 2.29. The zero-order valence-electron chi connectivity index (χ0n) is 9.57. The van der Waals surface area contributed by atoms with Crippen LogP contribution in [0.5, 0.6) is 0 Å². The van der Waals surface area contributed by atoms with E-state index in [9.17, 15) is 9.59 Å². The lowest BCUT2D eigenvalue weighted by Crippen LogP contribution is -2.66. The van der Waals surface area contributed by atoms with Crippen molar-refractivity contribution in [2.45, 2.75) is 25.0 Å². The molecule has 2 saturated heterocycles. The fourth-order valence-corrected chi connectivity index (χ4v) is 2.48. The van der Waals surface area contributed by atoms with Crippen LogP contribution in [-0.4, -0.2) is 50.5 Å². The molecule has 2 aliphatic rings. The molecule has 0 aromatic carbocycles. The third kappa shape index (κ3) is 1.57. The van der Waals surface area contributed by atoms with E-state index in [0.29, 0.717) is 13.2 Å². The van der Waals surface area contributed by atoms with Crippen molar-refractivity contribution in [3.8, 4) is 0 Å². The van der Waals surface area contributed by atoms with E-state index >= 15 is 0 Å². The molecule has 2 bridgehead atoms. The third-order valence-corrected chi connectivity index (χ3v) is 3.41. The number of ether oxygens (including phenoxy) is 1. The monoisotopic (exact) mass is 238 g/mol. The summed E-state index contributed by atoms with van der Waals surface area (Å²) >= 11 is 0. The van der Waals surface area contributed by atoms with Crippen LogP contribution in [0.3, 0.4) is 0 Å². The Hall–Kier alpha value is -1.63. The quantitative estimate of drug-likeness (QED) is 0.634. The van der Waals surface area contributed by atoms with E-state index in [0.717, 1.165) is 6.42 Å². The molecule has 2 atom stereocenters. The summed E-state index contributed by atoms with van der Waals surface area (Å²) in [6.07, 6.45) is 2.43. The molecule has 0 N–H and O–H groups in total. The molecule has 17 heavy (non-hydrogen) atoms. The molecule has 92 valence electrons. The number of aromatic nitrogens is 3. The number of morpholine rings is 1. The standard InChI is InChI=1S/C10H14N4O3/c1-12-6-11-13(10(12)16)3-9(15)14-7-2-8(14)5-17-4-7/h6-8H,2-5H2,1H3. The molecule has 3 rings (SSSR count). The summed E-state index contributed by atoms with van der Waals surface area (Å²) < 4.78 is 7.85. The van der Waals surface area contributed by atoms with Crippen molar-refractivity contribution in [3.63, 3.8) is 0 Å². The van der Waals surface area contributed by atoms with Gasteiger partial charge in [-0.1, -0.05) is 0 Å². The summed E-state index contributed by atoms with van der Waals surface area (Å²) in [7, 11) is 1.61. The number of aryl methyl sites for hydroxylation is 1. The molecule has 0 radical (unpaired) electrons. The molecule has 1 amide bonds. The van der Waals surface area contributed by atoms with Gasteiger partial charge in [0.1, 0.15) is 12.9 Å². The summed E-state index contributed by atoms with van der Waals surface area (Å²) in [6.45, 7) is 1.24. The molecule has 2 unspecified atom stereocenters. The molecule has 0 saturated carbocycles. The lowest BCUT2D eigenvalue weighted by Gasteiger charge is -2.52. The Labute approximate surface area is 97.6 Å². The van der Waals surface area contributed by atoms with Crippen molar-refractivity contribution < 1.29 is 9.53 Å². The van der Waals surface area contributed by atoms with Crippen LogP contribution in [0.15, 0.2) is 11.1 Å². The number of fused-ring (bicyclic) bond motifs is 2. The molecular weight excluding hydrogens is 224 g/mol. The molecule has 7 heteroatoms. The Morgan fingerprint density at radius 1 is 1.53 bits per heavy atom. The number of nitrogens with zero attached hydrogens (tertiary/aromatic N) is 4. The molecular formula is C10H14N4O3. The fourth-order valence-electron chi connectivity index (χ4n) is 2.48. The lowest BCUT2D eigenvalue weighted by atomic mass is 9.91. The molecule has 2 fully saturated rings. The van der Waals surface area contributed by atoms with Gasteiger partial charge in [0, 0.05) is 7.05 Å². The van der Waals surface area contributed by atoms with Gasteiger partial charge in [0.15, 0.2) is 0 Å². The Morgan fingerprint density at radius 3 is 2.76 bits per heavy atom. The summed E-state index contributed by atoms with van der Waals surface area (Å²) in [5.74, 6) is -0.0460. The van der Waals surface area contributed by atoms with Gasteiger partial charge >= 0.3 is 5.69 Å². The minimum atomic E-state index is -0.264. The minimum Gasteiger partial charge on any atom is -0.377 e. The number of amides is 1. The highest BCUT2D eigenvalue weighted by molar-refractivity contribution is 5.77. The van der Waals surface area contributed by atoms with Gasteiger partial charge in [-0.15, -0.1) is 0 Å². The summed E-state index contributed by atoms with van der Waals surface area (Å²) in [4.78, 5) is 25.4. The molecule has 3 heterocycles. The first kappa shape index (κ1) is 10.5. The maximum absolute atomic E-state index is 12.0. The van der Waals surface area contributed by atoms with Crippen molar-refractivity contribution in [1.29, 1.82) is 0 Å². The van der Waals surface area contributed by atoms with Crippen LogP contribution in [-0.2, 0) is 23.1 Å². The molecule has 7 nitrogen and oxygen atoms in total. The molecule has 0 aliphatic carbocycles. The number of hydrogen-bond acceptors (Lipinski definition) is 4. The van der Waals surface area contributed by atoms with Gasteiger partial charge in [-0.25, -0.2) is 9.48 Å². The normalized spacial score (nSPS) is 26.8. The van der Waals surface area contributed by atoms with Gasteiger partial charge in [-0.2, -0.15) is 5.10 Å². The maximum atomic E-state index is 12.0. The summed E-state index contributed by atoms with van der Waals surface area (Å²) in [5, 5.41) is 3.88. The van der Waals surface area contributed by atoms with Gasteiger partial charge in [-0.05, 0) is 6.42 Å². The van der Waals surface area contributed by atoms with Gasteiger partial charge in [0.2, 0.25) is 5.91 Å². The molecule has 0 spiro atoms. The van der Waals surface area contributed by atoms with Crippen molar-refractivity contribution in [2.75, 3.05) is 13.2 Å². The van der Waals surface area contributed by atoms with E-state index < -0.39 is 0 Å². The van der Waals surface area contributed by atoms with Gasteiger partial charge < -0.3 is 9.64 Å². The number of rotatable bonds is 2. The van der Waals surface area contributed by atoms with Gasteiger partial charge in [-0.3, -0.25) is 9.36 Å². The third-order valence-electron chi connectivity index (χ3n) is 3.41.